The molecule has 154 valence electrons. The number of nitro groups is 1. The van der Waals surface area contributed by atoms with Crippen molar-refractivity contribution in [2.75, 3.05) is 32.8 Å². The van der Waals surface area contributed by atoms with E-state index < -0.39 is 14.9 Å². The average molecular weight is 419 g/mol. The van der Waals surface area contributed by atoms with Crippen LogP contribution in [0.4, 0.5) is 5.69 Å². The number of amides is 1. The van der Waals surface area contributed by atoms with Gasteiger partial charge < -0.3 is 10.1 Å². The molecule has 0 atom stereocenters. The molecule has 1 saturated heterocycles. The van der Waals surface area contributed by atoms with Gasteiger partial charge >= 0.3 is 0 Å². The van der Waals surface area contributed by atoms with E-state index in [0.29, 0.717) is 44.8 Å². The Morgan fingerprint density at radius 2 is 1.69 bits per heavy atom. The van der Waals surface area contributed by atoms with Crippen molar-refractivity contribution in [3.63, 3.8) is 0 Å². The third kappa shape index (κ3) is 5.17. The molecule has 1 aliphatic rings. The fourth-order valence-electron chi connectivity index (χ4n) is 2.92. The maximum Gasteiger partial charge on any atom is 0.269 e. The fourth-order valence-corrected chi connectivity index (χ4v) is 4.33. The number of carbonyl (C=O) groups is 1. The fraction of sp³-hybridized carbons (Fsp3) is 0.316. The molecule has 0 spiro atoms. The largest absolute Gasteiger partial charge is 0.379 e. The van der Waals surface area contributed by atoms with E-state index in [1.54, 1.807) is 24.3 Å². The Morgan fingerprint density at radius 1 is 1.07 bits per heavy atom. The highest BCUT2D eigenvalue weighted by molar-refractivity contribution is 7.89. The SMILES string of the molecule is O=C(NCCc1ccc(S(=O)(=O)N2CCOCC2)cc1)c1ccc([N+](=O)[O-])cc1. The van der Waals surface area contributed by atoms with Crippen molar-refractivity contribution in [3.8, 4) is 0 Å². The molecule has 0 saturated carbocycles. The molecule has 9 nitrogen and oxygen atoms in total. The molecule has 1 heterocycles. The normalized spacial score (nSPS) is 15.0. The Hall–Kier alpha value is -2.82. The highest BCUT2D eigenvalue weighted by atomic mass is 32.2. The number of benzene rings is 2. The predicted octanol–water partition coefficient (Wildman–Crippen LogP) is 1.59. The van der Waals surface area contributed by atoms with Gasteiger partial charge in [0.1, 0.15) is 0 Å². The van der Waals surface area contributed by atoms with E-state index in [9.17, 15) is 23.3 Å². The van der Waals surface area contributed by atoms with Gasteiger partial charge in [-0.2, -0.15) is 4.31 Å². The zero-order chi connectivity index (χ0) is 20.9. The van der Waals surface area contributed by atoms with E-state index in [-0.39, 0.29) is 16.5 Å². The molecule has 29 heavy (non-hydrogen) atoms. The van der Waals surface area contributed by atoms with Crippen LogP contribution in [-0.2, 0) is 21.2 Å². The molecule has 0 aliphatic carbocycles. The van der Waals surface area contributed by atoms with E-state index >= 15 is 0 Å². The predicted molar refractivity (Wildman–Crippen MR) is 105 cm³/mol. The van der Waals surface area contributed by atoms with Gasteiger partial charge in [-0.25, -0.2) is 8.42 Å². The zero-order valence-electron chi connectivity index (χ0n) is 15.6. The van der Waals surface area contributed by atoms with Crippen molar-refractivity contribution < 1.29 is 22.9 Å². The summed E-state index contributed by atoms with van der Waals surface area (Å²) in [5.41, 5.74) is 1.14. The number of non-ortho nitro benzene ring substituents is 1. The van der Waals surface area contributed by atoms with Crippen molar-refractivity contribution in [1.82, 2.24) is 9.62 Å². The smallest absolute Gasteiger partial charge is 0.269 e. The van der Waals surface area contributed by atoms with Gasteiger partial charge in [0.05, 0.1) is 23.0 Å². The second-order valence-electron chi connectivity index (χ2n) is 6.47. The van der Waals surface area contributed by atoms with Gasteiger partial charge in [-0.1, -0.05) is 12.1 Å². The molecule has 0 bridgehead atoms. The number of ether oxygens (including phenoxy) is 1. The monoisotopic (exact) mass is 419 g/mol. The summed E-state index contributed by atoms with van der Waals surface area (Å²) < 4.78 is 31.8. The van der Waals surface area contributed by atoms with Crippen LogP contribution in [0.3, 0.4) is 0 Å². The average Bonchev–Trinajstić information content (AvgIpc) is 2.74. The van der Waals surface area contributed by atoms with E-state index in [2.05, 4.69) is 5.32 Å². The Bertz CT molecular complexity index is 968. The lowest BCUT2D eigenvalue weighted by molar-refractivity contribution is -0.384. The molecule has 0 aromatic heterocycles. The second-order valence-corrected chi connectivity index (χ2v) is 8.41. The summed E-state index contributed by atoms with van der Waals surface area (Å²) in [7, 11) is -3.52. The summed E-state index contributed by atoms with van der Waals surface area (Å²) in [5.74, 6) is -0.327. The molecule has 1 amide bonds. The molecule has 0 radical (unpaired) electrons. The summed E-state index contributed by atoms with van der Waals surface area (Å²) >= 11 is 0. The van der Waals surface area contributed by atoms with Crippen LogP contribution in [-0.4, -0.2) is 56.4 Å². The number of hydrogen-bond acceptors (Lipinski definition) is 6. The minimum absolute atomic E-state index is 0.0753. The number of nitrogens with zero attached hydrogens (tertiary/aromatic N) is 2. The van der Waals surface area contributed by atoms with Gasteiger partial charge in [-0.15, -0.1) is 0 Å². The van der Waals surface area contributed by atoms with Crippen LogP contribution in [0.2, 0.25) is 0 Å². The summed E-state index contributed by atoms with van der Waals surface area (Å²) in [5, 5.41) is 13.4. The first-order valence-electron chi connectivity index (χ1n) is 9.07. The summed E-state index contributed by atoms with van der Waals surface area (Å²) in [6, 6.07) is 12.0. The van der Waals surface area contributed by atoms with Crippen LogP contribution in [0, 0.1) is 10.1 Å². The molecule has 1 fully saturated rings. The van der Waals surface area contributed by atoms with Gasteiger partial charge in [0, 0.05) is 37.3 Å². The minimum Gasteiger partial charge on any atom is -0.379 e. The molecule has 2 aromatic carbocycles. The number of nitrogens with one attached hydrogen (secondary N) is 1. The number of sulfonamides is 1. The highest BCUT2D eigenvalue weighted by Gasteiger charge is 2.26. The third-order valence-electron chi connectivity index (χ3n) is 4.57. The van der Waals surface area contributed by atoms with Gasteiger partial charge in [0.2, 0.25) is 10.0 Å². The highest BCUT2D eigenvalue weighted by Crippen LogP contribution is 2.18. The van der Waals surface area contributed by atoms with Crippen LogP contribution < -0.4 is 5.32 Å². The Morgan fingerprint density at radius 3 is 2.28 bits per heavy atom. The van der Waals surface area contributed by atoms with Crippen LogP contribution in [0.5, 0.6) is 0 Å². The molecule has 1 N–H and O–H groups in total. The van der Waals surface area contributed by atoms with Crippen molar-refractivity contribution >= 4 is 21.6 Å². The second kappa shape index (κ2) is 9.12. The summed E-state index contributed by atoms with van der Waals surface area (Å²) in [6.07, 6.45) is 0.524. The number of rotatable bonds is 7. The molecule has 10 heteroatoms. The Balaban J connectivity index is 1.53. The maximum atomic E-state index is 12.6. The first kappa shape index (κ1) is 20.9. The van der Waals surface area contributed by atoms with E-state index in [4.69, 9.17) is 4.74 Å². The number of carbonyl (C=O) groups excluding carboxylic acids is 1. The first-order chi connectivity index (χ1) is 13.9. The van der Waals surface area contributed by atoms with Crippen LogP contribution in [0.15, 0.2) is 53.4 Å². The molecule has 1 aliphatic heterocycles. The van der Waals surface area contributed by atoms with Crippen molar-refractivity contribution in [1.29, 1.82) is 0 Å². The van der Waals surface area contributed by atoms with Gasteiger partial charge in [-0.05, 0) is 36.2 Å². The topological polar surface area (TPSA) is 119 Å². The van der Waals surface area contributed by atoms with Crippen molar-refractivity contribution in [2.45, 2.75) is 11.3 Å². The van der Waals surface area contributed by atoms with Gasteiger partial charge in [0.15, 0.2) is 0 Å². The van der Waals surface area contributed by atoms with E-state index in [1.807, 2.05) is 0 Å². The third-order valence-corrected chi connectivity index (χ3v) is 6.48. The lowest BCUT2D eigenvalue weighted by Crippen LogP contribution is -2.40. The van der Waals surface area contributed by atoms with Gasteiger partial charge in [0.25, 0.3) is 11.6 Å². The standard InChI is InChI=1S/C19H21N3O6S/c23-19(16-3-5-17(6-4-16)22(24)25)20-10-9-15-1-7-18(8-2-15)29(26,27)21-11-13-28-14-12-21/h1-8H,9-14H2,(H,20,23). The summed E-state index contributed by atoms with van der Waals surface area (Å²) in [6.45, 7) is 1.83. The van der Waals surface area contributed by atoms with Crippen LogP contribution in [0.1, 0.15) is 15.9 Å². The Kier molecular flexibility index (Phi) is 6.57. The lowest BCUT2D eigenvalue weighted by atomic mass is 10.1. The molecular weight excluding hydrogens is 398 g/mol. The Labute approximate surface area is 168 Å². The number of hydrogen-bond donors (Lipinski definition) is 1. The van der Waals surface area contributed by atoms with Crippen LogP contribution in [0.25, 0.3) is 0 Å². The minimum atomic E-state index is -3.52. The molecule has 2 aromatic rings. The number of nitro benzene ring substituents is 1. The molecule has 0 unspecified atom stereocenters. The van der Waals surface area contributed by atoms with Crippen LogP contribution >= 0.6 is 0 Å². The number of morpholine rings is 1. The lowest BCUT2D eigenvalue weighted by Gasteiger charge is -2.26. The maximum absolute atomic E-state index is 12.6. The van der Waals surface area contributed by atoms with Crippen molar-refractivity contribution in [2.24, 2.45) is 0 Å². The first-order valence-corrected chi connectivity index (χ1v) is 10.5. The van der Waals surface area contributed by atoms with E-state index in [0.717, 1.165) is 5.56 Å². The molecule has 3 rings (SSSR count). The zero-order valence-corrected chi connectivity index (χ0v) is 16.4. The van der Waals surface area contributed by atoms with Crippen molar-refractivity contribution in [3.05, 3.63) is 69.8 Å². The van der Waals surface area contributed by atoms with E-state index in [1.165, 1.54) is 28.6 Å². The quantitative estimate of drug-likeness (QED) is 0.538. The molecular formula is C19H21N3O6S. The summed E-state index contributed by atoms with van der Waals surface area (Å²) in [4.78, 5) is 22.5. The van der Waals surface area contributed by atoms with Gasteiger partial charge in [-0.3, -0.25) is 14.9 Å².